The van der Waals surface area contributed by atoms with E-state index in [0.29, 0.717) is 25.5 Å². The van der Waals surface area contributed by atoms with Gasteiger partial charge in [0, 0.05) is 19.6 Å². The molecular weight excluding hydrogens is 295 g/mol. The van der Waals surface area contributed by atoms with Crippen LogP contribution < -0.4 is 4.90 Å². The second kappa shape index (κ2) is 6.92. The maximum absolute atomic E-state index is 12.5. The Labute approximate surface area is 127 Å². The summed E-state index contributed by atoms with van der Waals surface area (Å²) in [7, 11) is 0. The molecule has 2 heterocycles. The van der Waals surface area contributed by atoms with Crippen LogP contribution in [-0.4, -0.2) is 53.8 Å². The first-order chi connectivity index (χ1) is 10.4. The fourth-order valence-electron chi connectivity index (χ4n) is 2.66. The van der Waals surface area contributed by atoms with Crippen molar-refractivity contribution in [1.82, 2.24) is 14.9 Å². The van der Waals surface area contributed by atoms with Gasteiger partial charge in [0.25, 0.3) is 0 Å². The highest BCUT2D eigenvalue weighted by Gasteiger charge is 2.32. The van der Waals surface area contributed by atoms with Gasteiger partial charge in [-0.2, -0.15) is 18.4 Å². The predicted octanol–water partition coefficient (Wildman–Crippen LogP) is 2.06. The van der Waals surface area contributed by atoms with Gasteiger partial charge in [-0.3, -0.25) is 4.90 Å². The Kier molecular flexibility index (Phi) is 5.19. The monoisotopic (exact) mass is 313 g/mol. The summed E-state index contributed by atoms with van der Waals surface area (Å²) in [6.07, 6.45) is -0.387. The number of aromatic nitrogens is 2. The average Bonchev–Trinajstić information content (AvgIpc) is 2.93. The highest BCUT2D eigenvalue weighted by atomic mass is 19.4. The van der Waals surface area contributed by atoms with E-state index >= 15 is 0 Å². The van der Waals surface area contributed by atoms with Crippen molar-refractivity contribution in [3.05, 3.63) is 18.1 Å². The molecule has 0 spiro atoms. The number of alkyl halides is 3. The molecule has 0 aromatic carbocycles. The largest absolute Gasteiger partial charge is 0.401 e. The van der Waals surface area contributed by atoms with Gasteiger partial charge in [0.1, 0.15) is 11.9 Å². The molecule has 5 nitrogen and oxygen atoms in total. The SMILES string of the molecule is CCN(CC1CCN(c2cnc(C#N)cn2)C1)CC(F)(F)F. The molecule has 8 heteroatoms. The van der Waals surface area contributed by atoms with Gasteiger partial charge in [0.2, 0.25) is 0 Å². The molecule has 1 aromatic rings. The molecule has 1 aliphatic rings. The van der Waals surface area contributed by atoms with Gasteiger partial charge in [0.15, 0.2) is 5.69 Å². The van der Waals surface area contributed by atoms with Gasteiger partial charge in [-0.05, 0) is 18.9 Å². The first-order valence-electron chi connectivity index (χ1n) is 7.17. The molecule has 0 N–H and O–H groups in total. The summed E-state index contributed by atoms with van der Waals surface area (Å²) in [5.74, 6) is 0.847. The Morgan fingerprint density at radius 1 is 1.41 bits per heavy atom. The van der Waals surface area contributed by atoms with Crippen molar-refractivity contribution in [3.63, 3.8) is 0 Å². The summed E-state index contributed by atoms with van der Waals surface area (Å²) in [5, 5.41) is 8.69. The quantitative estimate of drug-likeness (QED) is 0.833. The Morgan fingerprint density at radius 2 is 2.18 bits per heavy atom. The number of nitrogens with zero attached hydrogens (tertiary/aromatic N) is 5. The van der Waals surface area contributed by atoms with E-state index in [-0.39, 0.29) is 11.6 Å². The molecule has 0 aliphatic carbocycles. The van der Waals surface area contributed by atoms with Crippen LogP contribution in [0.1, 0.15) is 19.0 Å². The first kappa shape index (κ1) is 16.5. The van der Waals surface area contributed by atoms with Crippen LogP contribution in [-0.2, 0) is 0 Å². The minimum absolute atomic E-state index is 0.180. The summed E-state index contributed by atoms with van der Waals surface area (Å²) < 4.78 is 37.4. The van der Waals surface area contributed by atoms with Crippen LogP contribution in [0.25, 0.3) is 0 Å². The van der Waals surface area contributed by atoms with Gasteiger partial charge >= 0.3 is 6.18 Å². The van der Waals surface area contributed by atoms with E-state index in [4.69, 9.17) is 5.26 Å². The highest BCUT2D eigenvalue weighted by Crippen LogP contribution is 2.24. The summed E-state index contributed by atoms with van der Waals surface area (Å²) in [4.78, 5) is 11.6. The van der Waals surface area contributed by atoms with Crippen LogP contribution in [0.15, 0.2) is 12.4 Å². The van der Waals surface area contributed by atoms with Crippen molar-refractivity contribution in [1.29, 1.82) is 5.26 Å². The topological polar surface area (TPSA) is 56.0 Å². The number of anilines is 1. The van der Waals surface area contributed by atoms with Crippen molar-refractivity contribution in [2.75, 3.05) is 37.6 Å². The van der Waals surface area contributed by atoms with Gasteiger partial charge in [0.05, 0.1) is 18.9 Å². The lowest BCUT2D eigenvalue weighted by Crippen LogP contribution is -2.38. The van der Waals surface area contributed by atoms with E-state index in [1.807, 2.05) is 11.0 Å². The minimum atomic E-state index is -4.16. The van der Waals surface area contributed by atoms with Crippen LogP contribution in [0.3, 0.4) is 0 Å². The minimum Gasteiger partial charge on any atom is -0.355 e. The Bertz CT molecular complexity index is 523. The number of halogens is 3. The number of hydrogen-bond acceptors (Lipinski definition) is 5. The van der Waals surface area contributed by atoms with E-state index < -0.39 is 12.7 Å². The molecule has 2 rings (SSSR count). The molecule has 1 unspecified atom stereocenters. The van der Waals surface area contributed by atoms with E-state index in [0.717, 1.165) is 13.0 Å². The molecule has 0 saturated carbocycles. The Morgan fingerprint density at radius 3 is 2.73 bits per heavy atom. The highest BCUT2D eigenvalue weighted by molar-refractivity contribution is 5.38. The maximum atomic E-state index is 12.5. The zero-order chi connectivity index (χ0) is 16.2. The van der Waals surface area contributed by atoms with Gasteiger partial charge in [-0.15, -0.1) is 0 Å². The smallest absolute Gasteiger partial charge is 0.355 e. The summed E-state index contributed by atoms with van der Waals surface area (Å²) in [6, 6.07) is 1.90. The lowest BCUT2D eigenvalue weighted by atomic mass is 10.1. The summed E-state index contributed by atoms with van der Waals surface area (Å²) >= 11 is 0. The van der Waals surface area contributed by atoms with E-state index in [1.165, 1.54) is 17.3 Å². The van der Waals surface area contributed by atoms with Crippen LogP contribution in [0, 0.1) is 17.2 Å². The number of hydrogen-bond donors (Lipinski definition) is 0. The summed E-state index contributed by atoms with van der Waals surface area (Å²) in [5.41, 5.74) is 0.252. The van der Waals surface area contributed by atoms with Crippen molar-refractivity contribution in [3.8, 4) is 6.07 Å². The number of nitriles is 1. The second-order valence-corrected chi connectivity index (χ2v) is 5.42. The zero-order valence-electron chi connectivity index (χ0n) is 12.3. The number of rotatable bonds is 5. The van der Waals surface area contributed by atoms with E-state index in [1.54, 1.807) is 6.92 Å². The van der Waals surface area contributed by atoms with Gasteiger partial charge in [-0.1, -0.05) is 6.92 Å². The zero-order valence-corrected chi connectivity index (χ0v) is 12.3. The van der Waals surface area contributed by atoms with Crippen LogP contribution in [0.4, 0.5) is 19.0 Å². The molecule has 1 fully saturated rings. The first-order valence-corrected chi connectivity index (χ1v) is 7.17. The molecule has 1 saturated heterocycles. The molecule has 0 amide bonds. The lowest BCUT2D eigenvalue weighted by molar-refractivity contribution is -0.146. The van der Waals surface area contributed by atoms with E-state index in [9.17, 15) is 13.2 Å². The fraction of sp³-hybridized carbons (Fsp3) is 0.643. The maximum Gasteiger partial charge on any atom is 0.401 e. The van der Waals surface area contributed by atoms with Crippen molar-refractivity contribution in [2.45, 2.75) is 19.5 Å². The lowest BCUT2D eigenvalue weighted by Gasteiger charge is -2.25. The fourth-order valence-corrected chi connectivity index (χ4v) is 2.66. The summed E-state index contributed by atoms with van der Waals surface area (Å²) in [6.45, 7) is 3.09. The van der Waals surface area contributed by atoms with Crippen LogP contribution in [0.2, 0.25) is 0 Å². The molecule has 0 radical (unpaired) electrons. The van der Waals surface area contributed by atoms with Crippen molar-refractivity contribution in [2.24, 2.45) is 5.92 Å². The molecule has 0 bridgehead atoms. The molecule has 1 atom stereocenters. The van der Waals surface area contributed by atoms with E-state index in [2.05, 4.69) is 9.97 Å². The third-order valence-corrected chi connectivity index (χ3v) is 3.73. The third-order valence-electron chi connectivity index (χ3n) is 3.73. The Balaban J connectivity index is 1.90. The van der Waals surface area contributed by atoms with Crippen molar-refractivity contribution >= 4 is 5.82 Å². The van der Waals surface area contributed by atoms with Crippen LogP contribution >= 0.6 is 0 Å². The van der Waals surface area contributed by atoms with Gasteiger partial charge in [-0.25, -0.2) is 9.97 Å². The normalized spacial score (nSPS) is 18.7. The van der Waals surface area contributed by atoms with Crippen molar-refractivity contribution < 1.29 is 13.2 Å². The molecule has 120 valence electrons. The van der Waals surface area contributed by atoms with Gasteiger partial charge < -0.3 is 4.90 Å². The molecule has 1 aromatic heterocycles. The van der Waals surface area contributed by atoms with Crippen LogP contribution in [0.5, 0.6) is 0 Å². The molecule has 1 aliphatic heterocycles. The second-order valence-electron chi connectivity index (χ2n) is 5.42. The molecule has 22 heavy (non-hydrogen) atoms. The molecular formula is C14H18F3N5. The third kappa shape index (κ3) is 4.56. The average molecular weight is 313 g/mol. The predicted molar refractivity (Wildman–Crippen MR) is 75.2 cm³/mol. The standard InChI is InChI=1S/C14H18F3N5/c1-2-21(10-14(15,16)17)8-11-3-4-22(9-11)13-7-19-12(5-18)6-20-13/h6-7,11H,2-4,8-10H2,1H3. The Hall–Kier alpha value is -1.88.